The van der Waals surface area contributed by atoms with Gasteiger partial charge in [-0.2, -0.15) is 5.48 Å². The van der Waals surface area contributed by atoms with Crippen molar-refractivity contribution in [1.29, 1.82) is 0 Å². The van der Waals surface area contributed by atoms with Gasteiger partial charge in [-0.05, 0) is 0 Å². The van der Waals surface area contributed by atoms with E-state index in [1.165, 1.54) is 7.05 Å². The second-order valence-corrected chi connectivity index (χ2v) is 0.418. The molecule has 0 amide bonds. The van der Waals surface area contributed by atoms with Crippen molar-refractivity contribution in [3.05, 3.63) is 0 Å². The van der Waals surface area contributed by atoms with Gasteiger partial charge in [-0.25, -0.2) is 0 Å². The Hall–Kier alpha value is 0.170. The quantitative estimate of drug-likeness (QED) is 0.349. The summed E-state index contributed by atoms with van der Waals surface area (Å²) in [5, 5.41) is 0. The zero-order valence-corrected chi connectivity index (χ0v) is 4.68. The molecule has 1 N–H and O–H groups in total. The van der Waals surface area contributed by atoms with Crippen LogP contribution in [0.1, 0.15) is 0 Å². The predicted molar refractivity (Wildman–Crippen MR) is 16.2 cm³/mol. The van der Waals surface area contributed by atoms with Gasteiger partial charge in [0.1, 0.15) is 0 Å². The molecule has 0 aromatic rings. The maximum Gasteiger partial charge on any atom is 0.312 e. The summed E-state index contributed by atoms with van der Waals surface area (Å²) >= 11 is 0. The summed E-state index contributed by atoms with van der Waals surface area (Å²) in [7, 11) is 1.51. The minimum atomic E-state index is 0. The summed E-state index contributed by atoms with van der Waals surface area (Å²) in [4.78, 5) is 13.0. The van der Waals surface area contributed by atoms with Crippen molar-refractivity contribution in [2.75, 3.05) is 7.05 Å². The van der Waals surface area contributed by atoms with Gasteiger partial charge in [0.2, 0.25) is 0 Å². The third-order valence-corrected chi connectivity index (χ3v) is 0.166. The van der Waals surface area contributed by atoms with E-state index < -0.39 is 0 Å². The fourth-order valence-electron chi connectivity index (χ4n) is 0.0481. The molecule has 0 rings (SSSR count). The van der Waals surface area contributed by atoms with Crippen LogP contribution in [-0.4, -0.2) is 13.5 Å². The van der Waals surface area contributed by atoms with Crippen LogP contribution in [0.4, 0.5) is 0 Å². The molecule has 0 unspecified atom stereocenters. The second kappa shape index (κ2) is 8.95. The monoisotopic (exact) mass is 182 g/mol. The molecule has 0 heterocycles. The van der Waals surface area contributed by atoms with Crippen molar-refractivity contribution in [2.45, 2.75) is 0 Å². The molecule has 41 valence electrons. The summed E-state index contributed by atoms with van der Waals surface area (Å²) in [6, 6.07) is 0. The van der Waals surface area contributed by atoms with Gasteiger partial charge in [0.15, 0.2) is 0 Å². The maximum absolute atomic E-state index is 9.12. The van der Waals surface area contributed by atoms with Gasteiger partial charge >= 0.3 is 6.47 Å². The molecule has 0 aliphatic rings. The minimum absolute atomic E-state index is 0. The number of nitrogens with one attached hydrogen (secondary N) is 1. The smallest absolute Gasteiger partial charge is 0.312 e. The first-order valence-corrected chi connectivity index (χ1v) is 1.18. The Balaban J connectivity index is 0. The Labute approximate surface area is 51.5 Å². The molecule has 3 nitrogen and oxygen atoms in total. The van der Waals surface area contributed by atoms with Crippen molar-refractivity contribution < 1.29 is 32.0 Å². The average Bonchev–Trinajstić information content (AvgIpc) is 1.41. The first kappa shape index (κ1) is 9.48. The standard InChI is InChI=1S/C2H5NO2.Ag/c1-3-5-2-4;/h2-3H,1H3;. The van der Waals surface area contributed by atoms with Gasteiger partial charge in [0.25, 0.3) is 0 Å². The van der Waals surface area contributed by atoms with Gasteiger partial charge in [0, 0.05) is 29.4 Å². The second-order valence-electron chi connectivity index (χ2n) is 0.418. The molecule has 0 spiro atoms. The minimum Gasteiger partial charge on any atom is -0.374 e. The number of carbonyl (C=O) groups excluding carboxylic acids is 1. The van der Waals surface area contributed by atoms with E-state index in [0.29, 0.717) is 6.47 Å². The third-order valence-electron chi connectivity index (χ3n) is 0.166. The number of hydrogen-bond donors (Lipinski definition) is 1. The van der Waals surface area contributed by atoms with Gasteiger partial charge in [0.05, 0.1) is 0 Å². The zero-order chi connectivity index (χ0) is 4.12. The summed E-state index contributed by atoms with van der Waals surface area (Å²) < 4.78 is 0. The molecule has 0 bridgehead atoms. The van der Waals surface area contributed by atoms with Crippen molar-refractivity contribution >= 4 is 6.47 Å². The Bertz CT molecular complexity index is 32.7. The Morgan fingerprint density at radius 3 is 2.33 bits per heavy atom. The summed E-state index contributed by atoms with van der Waals surface area (Å²) in [5.74, 6) is 0. The molecule has 1 radical (unpaired) electrons. The number of hydrogen-bond acceptors (Lipinski definition) is 3. The molecule has 0 saturated carbocycles. The Morgan fingerprint density at radius 1 is 1.83 bits per heavy atom. The summed E-state index contributed by atoms with van der Waals surface area (Å²) in [5.41, 5.74) is 2.15. The van der Waals surface area contributed by atoms with Gasteiger partial charge in [-0.1, -0.05) is 0 Å². The van der Waals surface area contributed by atoms with Crippen LogP contribution < -0.4 is 5.48 Å². The average molecular weight is 183 g/mol. The van der Waals surface area contributed by atoms with E-state index in [1.807, 2.05) is 0 Å². The van der Waals surface area contributed by atoms with E-state index in [0.717, 1.165) is 0 Å². The molecule has 0 aliphatic carbocycles. The molecular weight excluding hydrogens is 178 g/mol. The van der Waals surface area contributed by atoms with Crippen LogP contribution in [0.3, 0.4) is 0 Å². The van der Waals surface area contributed by atoms with Crippen molar-refractivity contribution in [2.24, 2.45) is 0 Å². The van der Waals surface area contributed by atoms with E-state index in [1.54, 1.807) is 0 Å². The maximum atomic E-state index is 9.12. The predicted octanol–water partition coefficient (Wildman–Crippen LogP) is -0.709. The van der Waals surface area contributed by atoms with E-state index in [-0.39, 0.29) is 22.4 Å². The van der Waals surface area contributed by atoms with Crippen LogP contribution in [0.25, 0.3) is 0 Å². The van der Waals surface area contributed by atoms with Crippen LogP contribution >= 0.6 is 0 Å². The fraction of sp³-hybridized carbons (Fsp3) is 0.500. The van der Waals surface area contributed by atoms with E-state index >= 15 is 0 Å². The summed E-state index contributed by atoms with van der Waals surface area (Å²) in [6.45, 7) is 0.319. The normalized spacial score (nSPS) is 5.50. The molecule has 0 atom stereocenters. The van der Waals surface area contributed by atoms with Gasteiger partial charge in [-0.3, -0.25) is 4.79 Å². The van der Waals surface area contributed by atoms with Crippen molar-refractivity contribution in [3.63, 3.8) is 0 Å². The Morgan fingerprint density at radius 2 is 2.33 bits per heavy atom. The van der Waals surface area contributed by atoms with Crippen LogP contribution in [0.5, 0.6) is 0 Å². The van der Waals surface area contributed by atoms with E-state index in [2.05, 4.69) is 10.3 Å². The SMILES string of the molecule is CNOC=O.[Ag]. The molecule has 0 aromatic carbocycles. The largest absolute Gasteiger partial charge is 0.374 e. The van der Waals surface area contributed by atoms with Crippen LogP contribution in [-0.2, 0) is 32.0 Å². The van der Waals surface area contributed by atoms with Crippen LogP contribution in [0.15, 0.2) is 0 Å². The van der Waals surface area contributed by atoms with Crippen molar-refractivity contribution in [3.8, 4) is 0 Å². The number of carbonyl (C=O) groups is 1. The number of rotatable bonds is 2. The fourth-order valence-corrected chi connectivity index (χ4v) is 0.0481. The van der Waals surface area contributed by atoms with Crippen LogP contribution in [0.2, 0.25) is 0 Å². The van der Waals surface area contributed by atoms with E-state index in [4.69, 9.17) is 4.79 Å². The molecule has 0 aromatic heterocycles. The molecule has 6 heavy (non-hydrogen) atoms. The molecule has 0 saturated heterocycles. The van der Waals surface area contributed by atoms with Gasteiger partial charge < -0.3 is 4.84 Å². The van der Waals surface area contributed by atoms with Crippen LogP contribution in [0, 0.1) is 0 Å². The zero-order valence-electron chi connectivity index (χ0n) is 3.20. The first-order valence-electron chi connectivity index (χ1n) is 1.18. The molecule has 0 aliphatic heterocycles. The van der Waals surface area contributed by atoms with E-state index in [9.17, 15) is 0 Å². The van der Waals surface area contributed by atoms with Crippen molar-refractivity contribution in [1.82, 2.24) is 5.48 Å². The third kappa shape index (κ3) is 8.90. The molecule has 0 fully saturated rings. The van der Waals surface area contributed by atoms with Gasteiger partial charge in [-0.15, -0.1) is 0 Å². The Kier molecular flexibility index (Phi) is 14.1. The molecule has 4 heteroatoms. The topological polar surface area (TPSA) is 38.3 Å². The molecular formula is C2H5AgNO2. The first-order chi connectivity index (χ1) is 2.41. The summed E-state index contributed by atoms with van der Waals surface area (Å²) in [6.07, 6.45) is 0. The number of hydroxylamine groups is 1.